The molecule has 0 saturated carbocycles. The summed E-state index contributed by atoms with van der Waals surface area (Å²) in [5.74, 6) is 0. The zero-order chi connectivity index (χ0) is 11.6. The molecular formula is C12H26N2O2. The maximum Gasteiger partial charge on any atom is 0.0700 e. The van der Waals surface area contributed by atoms with Crippen molar-refractivity contribution in [1.29, 1.82) is 0 Å². The van der Waals surface area contributed by atoms with Crippen LogP contribution in [0.2, 0.25) is 0 Å². The van der Waals surface area contributed by atoms with E-state index < -0.39 is 0 Å². The molecular weight excluding hydrogens is 204 g/mol. The number of methoxy groups -OCH3 is 1. The van der Waals surface area contributed by atoms with Gasteiger partial charge in [-0.1, -0.05) is 0 Å². The highest BCUT2D eigenvalue weighted by Crippen LogP contribution is 2.09. The standard InChI is InChI=1S/C12H26N2O2/c1-13-12-4-7-14(8-5-12)6-3-9-16-11-10-15-2/h12-13H,3-11H2,1-2H3. The molecule has 0 aliphatic carbocycles. The van der Waals surface area contributed by atoms with Crippen LogP contribution >= 0.6 is 0 Å². The van der Waals surface area contributed by atoms with Gasteiger partial charge in [0.15, 0.2) is 0 Å². The molecule has 4 nitrogen and oxygen atoms in total. The molecule has 0 atom stereocenters. The largest absolute Gasteiger partial charge is 0.382 e. The van der Waals surface area contributed by atoms with Crippen molar-refractivity contribution in [3.05, 3.63) is 0 Å². The van der Waals surface area contributed by atoms with Crippen LogP contribution in [0.4, 0.5) is 0 Å². The minimum Gasteiger partial charge on any atom is -0.382 e. The van der Waals surface area contributed by atoms with Crippen molar-refractivity contribution in [3.8, 4) is 0 Å². The van der Waals surface area contributed by atoms with E-state index in [4.69, 9.17) is 9.47 Å². The number of piperidine rings is 1. The molecule has 1 saturated heterocycles. The third-order valence-corrected chi connectivity index (χ3v) is 3.19. The molecule has 1 aliphatic rings. The molecule has 16 heavy (non-hydrogen) atoms. The Labute approximate surface area is 99.3 Å². The fourth-order valence-corrected chi connectivity index (χ4v) is 2.08. The molecule has 1 aliphatic heterocycles. The van der Waals surface area contributed by atoms with Gasteiger partial charge in [0.25, 0.3) is 0 Å². The van der Waals surface area contributed by atoms with Gasteiger partial charge in [0, 0.05) is 26.3 Å². The minimum absolute atomic E-state index is 0.702. The summed E-state index contributed by atoms with van der Waals surface area (Å²) < 4.78 is 10.4. The molecule has 0 aromatic carbocycles. The Bertz CT molecular complexity index is 159. The minimum atomic E-state index is 0.702. The topological polar surface area (TPSA) is 33.7 Å². The highest BCUT2D eigenvalue weighted by molar-refractivity contribution is 4.75. The first-order chi connectivity index (χ1) is 7.86. The smallest absolute Gasteiger partial charge is 0.0700 e. The van der Waals surface area contributed by atoms with Crippen LogP contribution in [0, 0.1) is 0 Å². The predicted molar refractivity (Wildman–Crippen MR) is 65.8 cm³/mol. The first-order valence-corrected chi connectivity index (χ1v) is 6.33. The molecule has 1 fully saturated rings. The van der Waals surface area contributed by atoms with E-state index in [9.17, 15) is 0 Å². The second-order valence-electron chi connectivity index (χ2n) is 4.36. The summed E-state index contributed by atoms with van der Waals surface area (Å²) in [7, 11) is 3.76. The Morgan fingerprint density at radius 3 is 2.56 bits per heavy atom. The van der Waals surface area contributed by atoms with Gasteiger partial charge in [-0.2, -0.15) is 0 Å². The van der Waals surface area contributed by atoms with Gasteiger partial charge in [-0.05, 0) is 39.4 Å². The van der Waals surface area contributed by atoms with E-state index in [2.05, 4.69) is 17.3 Å². The van der Waals surface area contributed by atoms with E-state index in [1.807, 2.05) is 0 Å². The molecule has 1 N–H and O–H groups in total. The van der Waals surface area contributed by atoms with Crippen molar-refractivity contribution in [1.82, 2.24) is 10.2 Å². The van der Waals surface area contributed by atoms with Crippen LogP contribution in [0.25, 0.3) is 0 Å². The third kappa shape index (κ3) is 5.80. The fraction of sp³-hybridized carbons (Fsp3) is 1.00. The van der Waals surface area contributed by atoms with Crippen LogP contribution in [-0.4, -0.2) is 64.6 Å². The van der Waals surface area contributed by atoms with Crippen LogP contribution in [0.15, 0.2) is 0 Å². The summed E-state index contributed by atoms with van der Waals surface area (Å²) in [6, 6.07) is 0.731. The zero-order valence-corrected chi connectivity index (χ0v) is 10.7. The molecule has 0 amide bonds. The molecule has 0 spiro atoms. The van der Waals surface area contributed by atoms with Crippen molar-refractivity contribution >= 4 is 0 Å². The van der Waals surface area contributed by atoms with Gasteiger partial charge in [0.2, 0.25) is 0 Å². The number of ether oxygens (including phenoxy) is 2. The lowest BCUT2D eigenvalue weighted by molar-refractivity contribution is 0.0636. The Hall–Kier alpha value is -0.160. The summed E-state index contributed by atoms with van der Waals surface area (Å²) in [6.07, 6.45) is 3.69. The number of hydrogen-bond donors (Lipinski definition) is 1. The first kappa shape index (κ1) is 13.9. The van der Waals surface area contributed by atoms with Gasteiger partial charge >= 0.3 is 0 Å². The highest BCUT2D eigenvalue weighted by atomic mass is 16.5. The van der Waals surface area contributed by atoms with Gasteiger partial charge in [-0.25, -0.2) is 0 Å². The maximum atomic E-state index is 5.44. The molecule has 0 bridgehead atoms. The van der Waals surface area contributed by atoms with Gasteiger partial charge in [-0.3, -0.25) is 0 Å². The van der Waals surface area contributed by atoms with E-state index in [0.29, 0.717) is 6.61 Å². The zero-order valence-electron chi connectivity index (χ0n) is 10.7. The average molecular weight is 230 g/mol. The van der Waals surface area contributed by atoms with E-state index in [1.165, 1.54) is 32.5 Å². The Morgan fingerprint density at radius 2 is 1.94 bits per heavy atom. The van der Waals surface area contributed by atoms with Crippen LogP contribution < -0.4 is 5.32 Å². The number of nitrogens with one attached hydrogen (secondary N) is 1. The van der Waals surface area contributed by atoms with Crippen LogP contribution in [0.5, 0.6) is 0 Å². The van der Waals surface area contributed by atoms with Crippen molar-refractivity contribution in [2.45, 2.75) is 25.3 Å². The van der Waals surface area contributed by atoms with Crippen molar-refractivity contribution in [2.24, 2.45) is 0 Å². The summed E-state index contributed by atoms with van der Waals surface area (Å²) in [4.78, 5) is 2.54. The molecule has 0 aromatic rings. The first-order valence-electron chi connectivity index (χ1n) is 6.33. The molecule has 1 rings (SSSR count). The van der Waals surface area contributed by atoms with Crippen LogP contribution in [0.3, 0.4) is 0 Å². The van der Waals surface area contributed by atoms with Crippen molar-refractivity contribution in [2.75, 3.05) is 53.6 Å². The lowest BCUT2D eigenvalue weighted by Crippen LogP contribution is -2.41. The number of rotatable bonds is 8. The molecule has 96 valence electrons. The fourth-order valence-electron chi connectivity index (χ4n) is 2.08. The van der Waals surface area contributed by atoms with Crippen molar-refractivity contribution < 1.29 is 9.47 Å². The molecule has 1 heterocycles. The Balaban J connectivity index is 1.90. The van der Waals surface area contributed by atoms with Gasteiger partial charge < -0.3 is 19.7 Å². The molecule has 0 radical (unpaired) electrons. The van der Waals surface area contributed by atoms with Crippen LogP contribution in [0.1, 0.15) is 19.3 Å². The number of nitrogens with zero attached hydrogens (tertiary/aromatic N) is 1. The van der Waals surface area contributed by atoms with E-state index in [0.717, 1.165) is 25.7 Å². The van der Waals surface area contributed by atoms with E-state index in [1.54, 1.807) is 7.11 Å². The lowest BCUT2D eigenvalue weighted by Gasteiger charge is -2.31. The lowest BCUT2D eigenvalue weighted by atomic mass is 10.1. The summed E-state index contributed by atoms with van der Waals surface area (Å²) in [5, 5.41) is 3.35. The van der Waals surface area contributed by atoms with Gasteiger partial charge in [0.1, 0.15) is 0 Å². The maximum absolute atomic E-state index is 5.44. The van der Waals surface area contributed by atoms with Gasteiger partial charge in [0.05, 0.1) is 13.2 Å². The van der Waals surface area contributed by atoms with E-state index >= 15 is 0 Å². The second kappa shape index (κ2) is 8.93. The van der Waals surface area contributed by atoms with Crippen LogP contribution in [-0.2, 0) is 9.47 Å². The quantitative estimate of drug-likeness (QED) is 0.623. The highest BCUT2D eigenvalue weighted by Gasteiger charge is 2.16. The molecule has 0 aromatic heterocycles. The normalized spacial score (nSPS) is 19.1. The molecule has 0 unspecified atom stereocenters. The SMILES string of the molecule is CNC1CCN(CCCOCCOC)CC1. The van der Waals surface area contributed by atoms with Gasteiger partial charge in [-0.15, -0.1) is 0 Å². The Morgan fingerprint density at radius 1 is 1.19 bits per heavy atom. The number of likely N-dealkylation sites (tertiary alicyclic amines) is 1. The second-order valence-corrected chi connectivity index (χ2v) is 4.36. The number of hydrogen-bond acceptors (Lipinski definition) is 4. The summed E-state index contributed by atoms with van der Waals surface area (Å²) >= 11 is 0. The monoisotopic (exact) mass is 230 g/mol. The van der Waals surface area contributed by atoms with Crippen molar-refractivity contribution in [3.63, 3.8) is 0 Å². The summed E-state index contributed by atoms with van der Waals surface area (Å²) in [6.45, 7) is 5.90. The summed E-state index contributed by atoms with van der Waals surface area (Å²) in [5.41, 5.74) is 0. The average Bonchev–Trinajstić information content (AvgIpc) is 2.34. The van der Waals surface area contributed by atoms with E-state index in [-0.39, 0.29) is 0 Å². The third-order valence-electron chi connectivity index (χ3n) is 3.19. The molecule has 4 heteroatoms. The Kier molecular flexibility index (Phi) is 7.76. The predicted octanol–water partition coefficient (Wildman–Crippen LogP) is 0.723.